The van der Waals surface area contributed by atoms with Crippen molar-refractivity contribution in [1.82, 2.24) is 9.97 Å². The van der Waals surface area contributed by atoms with E-state index >= 15 is 0 Å². The second-order valence-corrected chi connectivity index (χ2v) is 4.76. The van der Waals surface area contributed by atoms with Gasteiger partial charge >= 0.3 is 0 Å². The zero-order chi connectivity index (χ0) is 11.4. The first-order valence-electron chi connectivity index (χ1n) is 6.37. The van der Waals surface area contributed by atoms with Gasteiger partial charge in [0.2, 0.25) is 0 Å². The number of anilines is 1. The molecule has 1 aromatic rings. The van der Waals surface area contributed by atoms with Crippen molar-refractivity contribution in [2.75, 3.05) is 5.32 Å². The van der Waals surface area contributed by atoms with Gasteiger partial charge in [-0.15, -0.1) is 0 Å². The van der Waals surface area contributed by atoms with Crippen molar-refractivity contribution in [3.8, 4) is 0 Å². The zero-order valence-electron chi connectivity index (χ0n) is 10.2. The van der Waals surface area contributed by atoms with E-state index < -0.39 is 0 Å². The molecule has 3 nitrogen and oxygen atoms in total. The minimum Gasteiger partial charge on any atom is -0.367 e. The molecule has 88 valence electrons. The Morgan fingerprint density at radius 3 is 2.88 bits per heavy atom. The molecule has 0 saturated heterocycles. The van der Waals surface area contributed by atoms with Crippen LogP contribution in [0, 0.1) is 5.92 Å². The van der Waals surface area contributed by atoms with Crippen molar-refractivity contribution >= 4 is 5.82 Å². The van der Waals surface area contributed by atoms with Crippen LogP contribution in [0.3, 0.4) is 0 Å². The summed E-state index contributed by atoms with van der Waals surface area (Å²) in [5.74, 6) is 1.75. The molecule has 1 aromatic heterocycles. The predicted molar refractivity (Wildman–Crippen MR) is 66.5 cm³/mol. The maximum absolute atomic E-state index is 4.29. The summed E-state index contributed by atoms with van der Waals surface area (Å²) < 4.78 is 0. The van der Waals surface area contributed by atoms with Gasteiger partial charge in [0.1, 0.15) is 12.1 Å². The Morgan fingerprint density at radius 2 is 2.12 bits per heavy atom. The van der Waals surface area contributed by atoms with E-state index in [0.717, 1.165) is 23.9 Å². The lowest BCUT2D eigenvalue weighted by Gasteiger charge is -2.29. The maximum Gasteiger partial charge on any atom is 0.129 e. The molecule has 1 aliphatic carbocycles. The van der Waals surface area contributed by atoms with Crippen molar-refractivity contribution in [3.05, 3.63) is 18.1 Å². The van der Waals surface area contributed by atoms with Crippen LogP contribution in [0.2, 0.25) is 0 Å². The third-order valence-electron chi connectivity index (χ3n) is 3.53. The van der Waals surface area contributed by atoms with Crippen molar-refractivity contribution in [2.45, 2.75) is 52.0 Å². The van der Waals surface area contributed by atoms with E-state index in [-0.39, 0.29) is 0 Å². The summed E-state index contributed by atoms with van der Waals surface area (Å²) in [6.45, 7) is 4.45. The van der Waals surface area contributed by atoms with Crippen LogP contribution in [0.1, 0.15) is 45.2 Å². The summed E-state index contributed by atoms with van der Waals surface area (Å²) in [5.41, 5.74) is 1.11. The average Bonchev–Trinajstić information content (AvgIpc) is 2.32. The molecule has 0 aromatic carbocycles. The summed E-state index contributed by atoms with van der Waals surface area (Å²) in [6, 6.07) is 2.66. The Labute approximate surface area is 97.7 Å². The van der Waals surface area contributed by atoms with Crippen LogP contribution < -0.4 is 5.32 Å². The first kappa shape index (κ1) is 11.4. The number of hydrogen-bond donors (Lipinski definition) is 1. The quantitative estimate of drug-likeness (QED) is 0.849. The Balaban J connectivity index is 2.01. The molecule has 2 rings (SSSR count). The average molecular weight is 219 g/mol. The van der Waals surface area contributed by atoms with E-state index in [9.17, 15) is 0 Å². The Bertz CT molecular complexity index is 338. The van der Waals surface area contributed by atoms with Gasteiger partial charge in [0, 0.05) is 17.8 Å². The van der Waals surface area contributed by atoms with Crippen LogP contribution in [0.4, 0.5) is 5.82 Å². The van der Waals surface area contributed by atoms with Gasteiger partial charge in [-0.2, -0.15) is 0 Å². The fraction of sp³-hybridized carbons (Fsp3) is 0.692. The molecule has 2 atom stereocenters. The number of rotatable bonds is 3. The zero-order valence-corrected chi connectivity index (χ0v) is 10.2. The molecule has 0 radical (unpaired) electrons. The Morgan fingerprint density at radius 1 is 1.31 bits per heavy atom. The molecule has 1 heterocycles. The monoisotopic (exact) mass is 219 g/mol. The summed E-state index contributed by atoms with van der Waals surface area (Å²) in [7, 11) is 0. The topological polar surface area (TPSA) is 37.8 Å². The van der Waals surface area contributed by atoms with Crippen LogP contribution >= 0.6 is 0 Å². The molecule has 3 heteroatoms. The van der Waals surface area contributed by atoms with Crippen LogP contribution in [-0.4, -0.2) is 16.0 Å². The molecule has 1 N–H and O–H groups in total. The summed E-state index contributed by atoms with van der Waals surface area (Å²) in [5, 5.41) is 3.55. The van der Waals surface area contributed by atoms with Gasteiger partial charge in [-0.25, -0.2) is 9.97 Å². The second kappa shape index (κ2) is 5.28. The van der Waals surface area contributed by atoms with E-state index in [1.54, 1.807) is 6.33 Å². The fourth-order valence-electron chi connectivity index (χ4n) is 2.39. The van der Waals surface area contributed by atoms with Crippen molar-refractivity contribution in [2.24, 2.45) is 5.92 Å². The molecule has 1 fully saturated rings. The number of hydrogen-bond acceptors (Lipinski definition) is 3. The molecule has 1 saturated carbocycles. The molecule has 16 heavy (non-hydrogen) atoms. The summed E-state index contributed by atoms with van der Waals surface area (Å²) in [6.07, 6.45) is 7.96. The SMILES string of the molecule is CCc1cc(NC2CCCCC2C)ncn1. The van der Waals surface area contributed by atoms with Crippen molar-refractivity contribution < 1.29 is 0 Å². The predicted octanol–water partition coefficient (Wildman–Crippen LogP) is 3.03. The largest absolute Gasteiger partial charge is 0.367 e. The molecule has 2 unspecified atom stereocenters. The standard InChI is InChI=1S/C13H21N3/c1-3-11-8-13(15-9-14-11)16-12-7-5-4-6-10(12)2/h8-10,12H,3-7H2,1-2H3,(H,14,15,16). The van der Waals surface area contributed by atoms with Gasteiger partial charge in [0.15, 0.2) is 0 Å². The highest BCUT2D eigenvalue weighted by molar-refractivity contribution is 5.36. The molecule has 0 spiro atoms. The van der Waals surface area contributed by atoms with E-state index in [4.69, 9.17) is 0 Å². The van der Waals surface area contributed by atoms with E-state index in [1.807, 2.05) is 0 Å². The highest BCUT2D eigenvalue weighted by Crippen LogP contribution is 2.26. The van der Waals surface area contributed by atoms with Gasteiger partial charge in [-0.3, -0.25) is 0 Å². The molecule has 0 bridgehead atoms. The Hall–Kier alpha value is -1.12. The number of aryl methyl sites for hydroxylation is 1. The minimum atomic E-state index is 0.591. The van der Waals surface area contributed by atoms with Gasteiger partial charge in [0.25, 0.3) is 0 Å². The van der Waals surface area contributed by atoms with Gasteiger partial charge in [-0.1, -0.05) is 26.7 Å². The molecule has 0 amide bonds. The highest BCUT2D eigenvalue weighted by atomic mass is 15.0. The van der Waals surface area contributed by atoms with Crippen LogP contribution in [0.15, 0.2) is 12.4 Å². The minimum absolute atomic E-state index is 0.591. The third-order valence-corrected chi connectivity index (χ3v) is 3.53. The first-order valence-corrected chi connectivity index (χ1v) is 6.37. The van der Waals surface area contributed by atoms with Crippen LogP contribution in [-0.2, 0) is 6.42 Å². The van der Waals surface area contributed by atoms with Crippen molar-refractivity contribution in [3.63, 3.8) is 0 Å². The summed E-state index contributed by atoms with van der Waals surface area (Å²) >= 11 is 0. The van der Waals surface area contributed by atoms with Gasteiger partial charge in [-0.05, 0) is 25.2 Å². The van der Waals surface area contributed by atoms with Crippen molar-refractivity contribution in [1.29, 1.82) is 0 Å². The molecular weight excluding hydrogens is 198 g/mol. The lowest BCUT2D eigenvalue weighted by molar-refractivity contribution is 0.349. The summed E-state index contributed by atoms with van der Waals surface area (Å²) in [4.78, 5) is 8.51. The molecule has 0 aliphatic heterocycles. The van der Waals surface area contributed by atoms with E-state index in [2.05, 4.69) is 35.2 Å². The lowest BCUT2D eigenvalue weighted by atomic mass is 9.86. The third kappa shape index (κ3) is 2.71. The number of nitrogens with zero attached hydrogens (tertiary/aromatic N) is 2. The van der Waals surface area contributed by atoms with Gasteiger partial charge < -0.3 is 5.32 Å². The van der Waals surface area contributed by atoms with Crippen LogP contribution in [0.5, 0.6) is 0 Å². The number of nitrogens with one attached hydrogen (secondary N) is 1. The van der Waals surface area contributed by atoms with E-state index in [0.29, 0.717) is 6.04 Å². The fourth-order valence-corrected chi connectivity index (χ4v) is 2.39. The van der Waals surface area contributed by atoms with E-state index in [1.165, 1.54) is 25.7 Å². The Kier molecular flexibility index (Phi) is 3.75. The smallest absolute Gasteiger partial charge is 0.129 e. The molecular formula is C13H21N3. The first-order chi connectivity index (χ1) is 7.79. The maximum atomic E-state index is 4.29. The normalized spacial score (nSPS) is 25.4. The van der Waals surface area contributed by atoms with Crippen LogP contribution in [0.25, 0.3) is 0 Å². The second-order valence-electron chi connectivity index (χ2n) is 4.76. The van der Waals surface area contributed by atoms with Gasteiger partial charge in [0.05, 0.1) is 0 Å². The number of aromatic nitrogens is 2. The highest BCUT2D eigenvalue weighted by Gasteiger charge is 2.21. The lowest BCUT2D eigenvalue weighted by Crippen LogP contribution is -2.30. The molecule has 1 aliphatic rings.